The largest absolute Gasteiger partial charge is 0.478 e. The Kier molecular flexibility index (Phi) is 5.24. The van der Waals surface area contributed by atoms with Crippen LogP contribution in [0.15, 0.2) is 59.6 Å². The quantitative estimate of drug-likeness (QED) is 0.641. The smallest absolute Gasteiger partial charge is 0.337 e. The highest BCUT2D eigenvalue weighted by atomic mass is 35.5. The Morgan fingerprint density at radius 1 is 1.15 bits per heavy atom. The number of rotatable bonds is 5. The topological polar surface area (TPSA) is 54.6 Å². The van der Waals surface area contributed by atoms with Crippen LogP contribution in [0.25, 0.3) is 5.69 Å². The van der Waals surface area contributed by atoms with Gasteiger partial charge in [-0.25, -0.2) is 4.79 Å². The zero-order valence-corrected chi connectivity index (χ0v) is 15.4. The third-order valence-electron chi connectivity index (χ3n) is 4.26. The van der Waals surface area contributed by atoms with E-state index in [-0.39, 0.29) is 10.6 Å². The lowest BCUT2D eigenvalue weighted by molar-refractivity contribution is 0.0697. The molecule has 132 valence electrons. The van der Waals surface area contributed by atoms with Crippen LogP contribution in [0.3, 0.4) is 0 Å². The molecule has 1 aromatic heterocycles. The second-order valence-corrected chi connectivity index (χ2v) is 6.49. The average Bonchev–Trinajstić information content (AvgIpc) is 2.89. The highest BCUT2D eigenvalue weighted by molar-refractivity contribution is 6.33. The van der Waals surface area contributed by atoms with Crippen LogP contribution in [0.5, 0.6) is 0 Å². The van der Waals surface area contributed by atoms with Crippen molar-refractivity contribution in [3.05, 3.63) is 87.7 Å². The molecule has 5 heteroatoms. The number of carbonyl (C=O) groups is 1. The van der Waals surface area contributed by atoms with Crippen LogP contribution in [0.4, 0.5) is 0 Å². The highest BCUT2D eigenvalue weighted by Crippen LogP contribution is 2.25. The number of hydrogen-bond donors (Lipinski definition) is 1. The minimum absolute atomic E-state index is 0.0996. The normalized spacial score (nSPS) is 11.2. The molecule has 0 saturated carbocycles. The molecule has 2 aromatic carbocycles. The summed E-state index contributed by atoms with van der Waals surface area (Å²) in [6.07, 6.45) is 1.87. The molecule has 0 amide bonds. The number of benzene rings is 2. The van der Waals surface area contributed by atoms with Gasteiger partial charge >= 0.3 is 5.97 Å². The molecule has 0 saturated heterocycles. The molecule has 0 unspecified atom stereocenters. The SMILES string of the molecule is Cc1cc(C=NCc2ccccc2)c(C)n1-c1ccc(C(=O)O)c(Cl)c1. The van der Waals surface area contributed by atoms with E-state index < -0.39 is 5.97 Å². The predicted octanol–water partition coefficient (Wildman–Crippen LogP) is 5.06. The van der Waals surface area contributed by atoms with Gasteiger partial charge < -0.3 is 9.67 Å². The summed E-state index contributed by atoms with van der Waals surface area (Å²) in [6, 6.07) is 17.1. The Labute approximate surface area is 157 Å². The molecule has 4 nitrogen and oxygen atoms in total. The summed E-state index contributed by atoms with van der Waals surface area (Å²) < 4.78 is 2.04. The summed E-state index contributed by atoms with van der Waals surface area (Å²) in [5, 5.41) is 9.35. The number of aliphatic imine (C=N–C) groups is 1. The molecule has 1 heterocycles. The molecule has 3 aromatic rings. The number of carboxylic acid groups (broad SMARTS) is 1. The van der Waals surface area contributed by atoms with Gasteiger partial charge in [-0.1, -0.05) is 41.9 Å². The second kappa shape index (κ2) is 7.58. The summed E-state index contributed by atoms with van der Waals surface area (Å²) in [5.74, 6) is -1.03. The van der Waals surface area contributed by atoms with E-state index in [0.29, 0.717) is 6.54 Å². The molecule has 0 radical (unpaired) electrons. The van der Waals surface area contributed by atoms with Crippen molar-refractivity contribution in [2.45, 2.75) is 20.4 Å². The summed E-state index contributed by atoms with van der Waals surface area (Å²) in [7, 11) is 0. The van der Waals surface area contributed by atoms with Gasteiger partial charge in [0, 0.05) is 28.9 Å². The molecule has 0 spiro atoms. The van der Waals surface area contributed by atoms with Crippen molar-refractivity contribution in [2.75, 3.05) is 0 Å². The average molecular weight is 367 g/mol. The van der Waals surface area contributed by atoms with Crippen molar-refractivity contribution in [3.63, 3.8) is 0 Å². The zero-order chi connectivity index (χ0) is 18.7. The third kappa shape index (κ3) is 3.70. The fourth-order valence-corrected chi connectivity index (χ4v) is 3.22. The van der Waals surface area contributed by atoms with Crippen molar-refractivity contribution in [2.24, 2.45) is 4.99 Å². The van der Waals surface area contributed by atoms with Crippen molar-refractivity contribution < 1.29 is 9.90 Å². The summed E-state index contributed by atoms with van der Waals surface area (Å²) >= 11 is 6.12. The monoisotopic (exact) mass is 366 g/mol. The summed E-state index contributed by atoms with van der Waals surface area (Å²) in [5.41, 5.74) is 5.17. The maximum Gasteiger partial charge on any atom is 0.337 e. The number of aryl methyl sites for hydroxylation is 1. The molecule has 0 bridgehead atoms. The van der Waals surface area contributed by atoms with E-state index in [1.165, 1.54) is 6.07 Å². The van der Waals surface area contributed by atoms with Crippen LogP contribution < -0.4 is 0 Å². The standard InChI is InChI=1S/C21H19ClN2O2/c1-14-10-17(13-23-12-16-6-4-3-5-7-16)15(2)24(14)18-8-9-19(21(25)26)20(22)11-18/h3-11,13H,12H2,1-2H3,(H,25,26). The lowest BCUT2D eigenvalue weighted by Crippen LogP contribution is -2.02. The number of hydrogen-bond acceptors (Lipinski definition) is 2. The van der Waals surface area contributed by atoms with E-state index in [0.717, 1.165) is 28.2 Å². The van der Waals surface area contributed by atoms with Crippen molar-refractivity contribution in [1.29, 1.82) is 0 Å². The first kappa shape index (κ1) is 18.0. The van der Waals surface area contributed by atoms with Crippen molar-refractivity contribution in [3.8, 4) is 5.69 Å². The zero-order valence-electron chi connectivity index (χ0n) is 14.6. The highest BCUT2D eigenvalue weighted by Gasteiger charge is 2.13. The Hall–Kier alpha value is -2.85. The lowest BCUT2D eigenvalue weighted by Gasteiger charge is -2.11. The Morgan fingerprint density at radius 2 is 1.88 bits per heavy atom. The predicted molar refractivity (Wildman–Crippen MR) is 105 cm³/mol. The Bertz CT molecular complexity index is 975. The number of halogens is 1. The van der Waals surface area contributed by atoms with E-state index >= 15 is 0 Å². The second-order valence-electron chi connectivity index (χ2n) is 6.09. The number of aromatic nitrogens is 1. The first-order chi connectivity index (χ1) is 12.5. The minimum atomic E-state index is -1.03. The molecular formula is C21H19ClN2O2. The van der Waals surface area contributed by atoms with Gasteiger partial charge in [-0.15, -0.1) is 0 Å². The number of carboxylic acids is 1. The van der Waals surface area contributed by atoms with Gasteiger partial charge in [0.15, 0.2) is 0 Å². The minimum Gasteiger partial charge on any atom is -0.478 e. The maximum atomic E-state index is 11.1. The lowest BCUT2D eigenvalue weighted by atomic mass is 10.2. The first-order valence-corrected chi connectivity index (χ1v) is 8.61. The van der Waals surface area contributed by atoms with Crippen LogP contribution >= 0.6 is 11.6 Å². The summed E-state index contributed by atoms with van der Waals surface area (Å²) in [6.45, 7) is 4.64. The molecule has 1 N–H and O–H groups in total. The van der Waals surface area contributed by atoms with Gasteiger partial charge in [0.1, 0.15) is 0 Å². The van der Waals surface area contributed by atoms with Crippen LogP contribution in [-0.4, -0.2) is 21.9 Å². The molecule has 26 heavy (non-hydrogen) atoms. The molecule has 0 aliphatic carbocycles. The fourth-order valence-electron chi connectivity index (χ4n) is 2.97. The van der Waals surface area contributed by atoms with E-state index in [9.17, 15) is 4.79 Å². The number of aromatic carboxylic acids is 1. The van der Waals surface area contributed by atoms with Crippen LogP contribution in [-0.2, 0) is 6.54 Å². The van der Waals surface area contributed by atoms with Crippen LogP contribution in [0.2, 0.25) is 5.02 Å². The summed E-state index contributed by atoms with van der Waals surface area (Å²) in [4.78, 5) is 15.7. The third-order valence-corrected chi connectivity index (χ3v) is 4.57. The molecule has 0 aliphatic heterocycles. The van der Waals surface area contributed by atoms with Crippen molar-refractivity contribution in [1.82, 2.24) is 4.57 Å². The van der Waals surface area contributed by atoms with Gasteiger partial charge in [-0.3, -0.25) is 4.99 Å². The fraction of sp³-hybridized carbons (Fsp3) is 0.143. The Balaban J connectivity index is 1.88. The molecule has 0 fully saturated rings. The van der Waals surface area contributed by atoms with Crippen LogP contribution in [0.1, 0.15) is 32.9 Å². The van der Waals surface area contributed by atoms with E-state index in [4.69, 9.17) is 16.7 Å². The van der Waals surface area contributed by atoms with Crippen molar-refractivity contribution >= 4 is 23.8 Å². The first-order valence-electron chi connectivity index (χ1n) is 8.23. The molecule has 0 aliphatic rings. The van der Waals surface area contributed by atoms with Gasteiger partial charge in [-0.2, -0.15) is 0 Å². The molecule has 3 rings (SSSR count). The molecule has 0 atom stereocenters. The van der Waals surface area contributed by atoms with E-state index in [2.05, 4.69) is 11.1 Å². The maximum absolute atomic E-state index is 11.1. The van der Waals surface area contributed by atoms with Crippen LogP contribution in [0, 0.1) is 13.8 Å². The van der Waals surface area contributed by atoms with Gasteiger partial charge in [0.2, 0.25) is 0 Å². The number of nitrogens with zero attached hydrogens (tertiary/aromatic N) is 2. The Morgan fingerprint density at radius 3 is 2.54 bits per heavy atom. The van der Waals surface area contributed by atoms with Gasteiger partial charge in [0.05, 0.1) is 17.1 Å². The molecular weight excluding hydrogens is 348 g/mol. The van der Waals surface area contributed by atoms with E-state index in [1.807, 2.05) is 55.0 Å². The van der Waals surface area contributed by atoms with Gasteiger partial charge in [0.25, 0.3) is 0 Å². The van der Waals surface area contributed by atoms with Gasteiger partial charge in [-0.05, 0) is 43.7 Å². The van der Waals surface area contributed by atoms with E-state index in [1.54, 1.807) is 12.1 Å².